The van der Waals surface area contributed by atoms with E-state index in [0.717, 1.165) is 34.9 Å². The Labute approximate surface area is 188 Å². The molecule has 5 nitrogen and oxygen atoms in total. The average molecular weight is 451 g/mol. The van der Waals surface area contributed by atoms with Crippen molar-refractivity contribution in [1.82, 2.24) is 15.2 Å². The second-order valence-electron chi connectivity index (χ2n) is 8.39. The van der Waals surface area contributed by atoms with Crippen LogP contribution < -0.4 is 10.6 Å². The molecule has 1 unspecified atom stereocenters. The Balaban J connectivity index is 2.08. The van der Waals surface area contributed by atoms with Gasteiger partial charge in [0.05, 0.1) is 18.7 Å². The van der Waals surface area contributed by atoms with Crippen molar-refractivity contribution in [2.75, 3.05) is 32.1 Å². The lowest BCUT2D eigenvalue weighted by Gasteiger charge is -2.28. The Morgan fingerprint density at radius 2 is 2.00 bits per heavy atom. The van der Waals surface area contributed by atoms with Gasteiger partial charge in [-0.15, -0.1) is 5.73 Å². The molecule has 1 aromatic rings. The zero-order valence-electron chi connectivity index (χ0n) is 19.4. The van der Waals surface area contributed by atoms with E-state index in [4.69, 9.17) is 4.74 Å². The third-order valence-electron chi connectivity index (χ3n) is 4.87. The number of pyridine rings is 1. The predicted molar refractivity (Wildman–Crippen MR) is 122 cm³/mol. The van der Waals surface area contributed by atoms with Crippen molar-refractivity contribution < 1.29 is 17.9 Å². The summed E-state index contributed by atoms with van der Waals surface area (Å²) in [6, 6.07) is 4.04. The molecule has 176 valence electrons. The van der Waals surface area contributed by atoms with Crippen LogP contribution in [-0.2, 0) is 4.74 Å². The van der Waals surface area contributed by atoms with E-state index in [-0.39, 0.29) is 6.04 Å². The first kappa shape index (κ1) is 25.4. The standard InChI is InChI=1S/C24H33F3N4O/c1-7-21(19-8-9-23(31(6)15-19)32-11-10-24(25,26)27)30-18(5)20-12-17(4)29-22(13-20)28-14-16(2)3/h8-9,12-13,16,18,30H,1,10-11,14-15H2,2-6H3,(H,28,29). The molecule has 0 fully saturated rings. The summed E-state index contributed by atoms with van der Waals surface area (Å²) < 4.78 is 42.3. The lowest BCUT2D eigenvalue weighted by Crippen LogP contribution is -2.29. The van der Waals surface area contributed by atoms with Gasteiger partial charge in [0.25, 0.3) is 0 Å². The highest BCUT2D eigenvalue weighted by atomic mass is 19.4. The minimum absolute atomic E-state index is 0.0276. The van der Waals surface area contributed by atoms with Gasteiger partial charge in [-0.1, -0.05) is 20.4 Å². The molecule has 2 N–H and O–H groups in total. The zero-order chi connectivity index (χ0) is 23.9. The molecule has 2 heterocycles. The molecule has 0 saturated heterocycles. The smallest absolute Gasteiger partial charge is 0.392 e. The maximum absolute atomic E-state index is 12.4. The molecule has 0 aromatic carbocycles. The largest absolute Gasteiger partial charge is 0.479 e. The van der Waals surface area contributed by atoms with Crippen molar-refractivity contribution in [3.8, 4) is 0 Å². The topological polar surface area (TPSA) is 49.4 Å². The fourth-order valence-electron chi connectivity index (χ4n) is 3.18. The number of allylic oxidation sites excluding steroid dienone is 2. The predicted octanol–water partition coefficient (Wildman–Crippen LogP) is 5.46. The normalized spacial score (nSPS) is 15.0. The second kappa shape index (κ2) is 11.1. The minimum atomic E-state index is -4.23. The number of rotatable bonds is 10. The first-order valence-corrected chi connectivity index (χ1v) is 10.7. The van der Waals surface area contributed by atoms with Crippen molar-refractivity contribution in [2.24, 2.45) is 5.92 Å². The van der Waals surface area contributed by atoms with Crippen molar-refractivity contribution >= 4 is 5.82 Å². The molecule has 0 aliphatic carbocycles. The zero-order valence-corrected chi connectivity index (χ0v) is 19.4. The van der Waals surface area contributed by atoms with Gasteiger partial charge >= 0.3 is 6.18 Å². The van der Waals surface area contributed by atoms with E-state index in [1.807, 2.05) is 32.1 Å². The maximum atomic E-state index is 12.4. The van der Waals surface area contributed by atoms with E-state index in [2.05, 4.69) is 41.8 Å². The van der Waals surface area contributed by atoms with Gasteiger partial charge in [0, 0.05) is 37.4 Å². The summed E-state index contributed by atoms with van der Waals surface area (Å²) in [6.07, 6.45) is -1.72. The molecule has 1 aromatic heterocycles. The molecule has 1 atom stereocenters. The average Bonchev–Trinajstić information content (AvgIpc) is 2.70. The Morgan fingerprint density at radius 3 is 2.59 bits per heavy atom. The lowest BCUT2D eigenvalue weighted by atomic mass is 10.1. The number of halogens is 3. The first-order chi connectivity index (χ1) is 15.0. The molecular weight excluding hydrogens is 417 g/mol. The maximum Gasteiger partial charge on any atom is 0.392 e. The Kier molecular flexibility index (Phi) is 8.84. The van der Waals surface area contributed by atoms with Gasteiger partial charge in [-0.05, 0) is 49.6 Å². The van der Waals surface area contributed by atoms with Gasteiger partial charge in [-0.2, -0.15) is 13.2 Å². The molecule has 1 aliphatic heterocycles. The number of ether oxygens (including phenoxy) is 1. The van der Waals surface area contributed by atoms with E-state index >= 15 is 0 Å². The monoisotopic (exact) mass is 450 g/mol. The number of nitrogens with one attached hydrogen (secondary N) is 2. The van der Waals surface area contributed by atoms with Crippen LogP contribution in [0.4, 0.5) is 19.0 Å². The van der Waals surface area contributed by atoms with Crippen LogP contribution >= 0.6 is 0 Å². The van der Waals surface area contributed by atoms with Crippen LogP contribution in [0.1, 0.15) is 44.5 Å². The van der Waals surface area contributed by atoms with Gasteiger partial charge < -0.3 is 20.3 Å². The third-order valence-corrected chi connectivity index (χ3v) is 4.87. The molecule has 1 aliphatic rings. The van der Waals surface area contributed by atoms with Crippen LogP contribution in [0.3, 0.4) is 0 Å². The van der Waals surface area contributed by atoms with Crippen LogP contribution in [-0.4, -0.2) is 42.8 Å². The first-order valence-electron chi connectivity index (χ1n) is 10.7. The van der Waals surface area contributed by atoms with Gasteiger partial charge in [0.1, 0.15) is 5.82 Å². The minimum Gasteiger partial charge on any atom is -0.479 e. The Bertz CT molecular complexity index is 899. The van der Waals surface area contributed by atoms with E-state index in [9.17, 15) is 13.2 Å². The summed E-state index contributed by atoms with van der Waals surface area (Å²) in [5.74, 6) is 1.75. The summed E-state index contributed by atoms with van der Waals surface area (Å²) in [4.78, 5) is 6.32. The second-order valence-corrected chi connectivity index (χ2v) is 8.39. The van der Waals surface area contributed by atoms with E-state index in [1.54, 1.807) is 18.0 Å². The molecule has 0 spiro atoms. The summed E-state index contributed by atoms with van der Waals surface area (Å²) in [7, 11) is 1.77. The Hall–Kier alpha value is -2.86. The molecule has 32 heavy (non-hydrogen) atoms. The Morgan fingerprint density at radius 1 is 1.28 bits per heavy atom. The number of anilines is 1. The van der Waals surface area contributed by atoms with Gasteiger partial charge in [0.15, 0.2) is 5.88 Å². The molecule has 8 heteroatoms. The fraction of sp³-hybridized carbons (Fsp3) is 0.500. The van der Waals surface area contributed by atoms with Gasteiger partial charge in [-0.3, -0.25) is 0 Å². The molecule has 0 saturated carbocycles. The highest BCUT2D eigenvalue weighted by molar-refractivity contribution is 5.42. The third kappa shape index (κ3) is 8.00. The number of aryl methyl sites for hydroxylation is 1. The van der Waals surface area contributed by atoms with Gasteiger partial charge in [0.2, 0.25) is 0 Å². The number of nitrogens with zero attached hydrogens (tertiary/aromatic N) is 2. The summed E-state index contributed by atoms with van der Waals surface area (Å²) in [6.45, 7) is 13.0. The van der Waals surface area contributed by atoms with E-state index in [0.29, 0.717) is 18.3 Å². The molecule has 2 rings (SSSR count). The lowest BCUT2D eigenvalue weighted by molar-refractivity contribution is -0.143. The number of alkyl halides is 3. The number of aromatic nitrogens is 1. The summed E-state index contributed by atoms with van der Waals surface area (Å²) in [5.41, 5.74) is 6.61. The van der Waals surface area contributed by atoms with E-state index in [1.165, 1.54) is 0 Å². The highest BCUT2D eigenvalue weighted by Gasteiger charge is 2.27. The summed E-state index contributed by atoms with van der Waals surface area (Å²) in [5, 5.41) is 6.81. The number of hydrogen-bond acceptors (Lipinski definition) is 5. The van der Waals surface area contributed by atoms with E-state index < -0.39 is 19.2 Å². The van der Waals surface area contributed by atoms with Crippen molar-refractivity contribution in [1.29, 1.82) is 0 Å². The van der Waals surface area contributed by atoms with Crippen molar-refractivity contribution in [3.63, 3.8) is 0 Å². The quantitative estimate of drug-likeness (QED) is 0.464. The number of hydrogen-bond donors (Lipinski definition) is 2. The van der Waals surface area contributed by atoms with Crippen LogP contribution in [0.25, 0.3) is 0 Å². The van der Waals surface area contributed by atoms with Crippen molar-refractivity contribution in [3.05, 3.63) is 65.0 Å². The SMILES string of the molecule is C=C=C(NC(C)c1cc(C)nc(NCC(C)C)c1)C1=CC=C(OCCC(F)(F)F)N(C)C1. The fourth-order valence-corrected chi connectivity index (χ4v) is 3.18. The molecular formula is C24H33F3N4O. The van der Waals surface area contributed by atoms with Crippen LogP contribution in [0.2, 0.25) is 0 Å². The molecule has 0 radical (unpaired) electrons. The molecule has 0 bridgehead atoms. The van der Waals surface area contributed by atoms with Crippen molar-refractivity contribution in [2.45, 2.75) is 46.3 Å². The van der Waals surface area contributed by atoms with Crippen LogP contribution in [0.5, 0.6) is 0 Å². The number of likely N-dealkylation sites (N-methyl/N-ethyl adjacent to an activating group) is 1. The molecule has 0 amide bonds. The highest BCUT2D eigenvalue weighted by Crippen LogP contribution is 2.24. The summed E-state index contributed by atoms with van der Waals surface area (Å²) >= 11 is 0. The van der Waals surface area contributed by atoms with Crippen LogP contribution in [0, 0.1) is 12.8 Å². The van der Waals surface area contributed by atoms with Crippen LogP contribution in [0.15, 0.2) is 53.7 Å². The van der Waals surface area contributed by atoms with Gasteiger partial charge in [-0.25, -0.2) is 4.98 Å².